The Morgan fingerprint density at radius 3 is 1.57 bits per heavy atom. The van der Waals surface area contributed by atoms with Gasteiger partial charge >= 0.3 is 0 Å². The van der Waals surface area contributed by atoms with Gasteiger partial charge in [0.2, 0.25) is 0 Å². The molecule has 0 aromatic rings. The first-order chi connectivity index (χ1) is 6.02. The molecular weight excluding hydrogens is 172 g/mol. The van der Waals surface area contributed by atoms with Gasteiger partial charge in [-0.15, -0.1) is 0 Å². The second-order valence-electron chi connectivity index (χ2n) is 7.09. The Balaban J connectivity index is 2.82. The van der Waals surface area contributed by atoms with Gasteiger partial charge in [0, 0.05) is 0 Å². The molecule has 1 heterocycles. The first-order valence-electron chi connectivity index (χ1n) is 5.72. The van der Waals surface area contributed by atoms with E-state index in [1.165, 1.54) is 12.8 Å². The van der Waals surface area contributed by atoms with E-state index in [1.807, 2.05) is 0 Å². The van der Waals surface area contributed by atoms with Crippen molar-refractivity contribution in [3.8, 4) is 0 Å². The van der Waals surface area contributed by atoms with Gasteiger partial charge < -0.3 is 4.74 Å². The molecule has 0 unspecified atom stereocenters. The predicted molar refractivity (Wildman–Crippen MR) is 61.4 cm³/mol. The van der Waals surface area contributed by atoms with Crippen molar-refractivity contribution in [2.45, 2.75) is 72.5 Å². The average Bonchev–Trinajstić information content (AvgIpc) is 1.76. The highest BCUT2D eigenvalue weighted by Gasteiger charge is 2.43. The van der Waals surface area contributed by atoms with Crippen LogP contribution in [0.5, 0.6) is 0 Å². The zero-order valence-electron chi connectivity index (χ0n) is 10.9. The Hall–Kier alpha value is -0.0400. The van der Waals surface area contributed by atoms with Crippen LogP contribution in [0, 0.1) is 11.3 Å². The molecule has 0 amide bonds. The Morgan fingerprint density at radius 2 is 1.29 bits per heavy atom. The van der Waals surface area contributed by atoms with Gasteiger partial charge in [0.05, 0.1) is 11.2 Å². The minimum atomic E-state index is 0.0414. The summed E-state index contributed by atoms with van der Waals surface area (Å²) in [6, 6.07) is 0. The van der Waals surface area contributed by atoms with Crippen LogP contribution in [0.15, 0.2) is 0 Å². The number of hydrogen-bond donors (Lipinski definition) is 0. The van der Waals surface area contributed by atoms with E-state index in [0.29, 0.717) is 5.41 Å². The van der Waals surface area contributed by atoms with E-state index < -0.39 is 0 Å². The van der Waals surface area contributed by atoms with E-state index in [9.17, 15) is 0 Å². The molecule has 1 nitrogen and oxygen atoms in total. The van der Waals surface area contributed by atoms with Crippen LogP contribution in [0.3, 0.4) is 0 Å². The van der Waals surface area contributed by atoms with Gasteiger partial charge in [-0.25, -0.2) is 0 Å². The van der Waals surface area contributed by atoms with Crippen LogP contribution >= 0.6 is 0 Å². The van der Waals surface area contributed by atoms with Crippen LogP contribution in [0.1, 0.15) is 61.3 Å². The zero-order valence-corrected chi connectivity index (χ0v) is 10.9. The van der Waals surface area contributed by atoms with E-state index in [-0.39, 0.29) is 11.2 Å². The molecule has 0 spiro atoms. The zero-order chi connectivity index (χ0) is 11.2. The summed E-state index contributed by atoms with van der Waals surface area (Å²) in [6.07, 6.45) is 2.36. The fourth-order valence-corrected chi connectivity index (χ4v) is 2.70. The lowest BCUT2D eigenvalue weighted by Gasteiger charge is -2.49. The molecule has 1 rings (SSSR count). The summed E-state index contributed by atoms with van der Waals surface area (Å²) in [6.45, 7) is 15.9. The van der Waals surface area contributed by atoms with Gasteiger partial charge in [-0.1, -0.05) is 20.8 Å². The Bertz CT molecular complexity index is 192. The molecule has 0 aromatic carbocycles. The lowest BCUT2D eigenvalue weighted by Crippen LogP contribution is -2.48. The number of ether oxygens (including phenoxy) is 1. The van der Waals surface area contributed by atoms with Crippen molar-refractivity contribution in [3.63, 3.8) is 0 Å². The molecule has 1 aliphatic heterocycles. The maximum atomic E-state index is 6.09. The van der Waals surface area contributed by atoms with E-state index >= 15 is 0 Å². The van der Waals surface area contributed by atoms with Crippen LogP contribution < -0.4 is 0 Å². The molecule has 0 aromatic heterocycles. The monoisotopic (exact) mass is 198 g/mol. The molecule has 0 atom stereocenters. The summed E-state index contributed by atoms with van der Waals surface area (Å²) in [7, 11) is 0. The third-order valence-electron chi connectivity index (χ3n) is 3.25. The average molecular weight is 198 g/mol. The number of hydrogen-bond acceptors (Lipinski definition) is 1. The summed E-state index contributed by atoms with van der Waals surface area (Å²) in [5, 5.41) is 0. The van der Waals surface area contributed by atoms with Gasteiger partial charge in [0.15, 0.2) is 0 Å². The molecule has 0 saturated carbocycles. The maximum absolute atomic E-state index is 6.09. The van der Waals surface area contributed by atoms with Crippen molar-refractivity contribution < 1.29 is 4.74 Å². The topological polar surface area (TPSA) is 9.23 Å². The van der Waals surface area contributed by atoms with Crippen molar-refractivity contribution in [2.75, 3.05) is 0 Å². The van der Waals surface area contributed by atoms with Gasteiger partial charge in [0.25, 0.3) is 0 Å². The second kappa shape index (κ2) is 3.23. The van der Waals surface area contributed by atoms with Gasteiger partial charge in [-0.3, -0.25) is 0 Å². The lowest BCUT2D eigenvalue weighted by molar-refractivity contribution is -0.185. The highest BCUT2D eigenvalue weighted by atomic mass is 16.5. The van der Waals surface area contributed by atoms with E-state index in [4.69, 9.17) is 4.74 Å². The van der Waals surface area contributed by atoms with E-state index in [2.05, 4.69) is 48.5 Å². The molecule has 1 saturated heterocycles. The Labute approximate surface area is 89.2 Å². The largest absolute Gasteiger partial charge is 0.370 e. The van der Waals surface area contributed by atoms with Crippen molar-refractivity contribution in [1.29, 1.82) is 0 Å². The third kappa shape index (κ3) is 2.98. The summed E-state index contributed by atoms with van der Waals surface area (Å²) in [5.41, 5.74) is 0.484. The Morgan fingerprint density at radius 1 is 0.929 bits per heavy atom. The van der Waals surface area contributed by atoms with Crippen LogP contribution in [-0.2, 0) is 4.74 Å². The van der Waals surface area contributed by atoms with Crippen molar-refractivity contribution in [2.24, 2.45) is 11.3 Å². The van der Waals surface area contributed by atoms with E-state index in [0.717, 1.165) is 5.92 Å². The molecule has 1 heteroatoms. The molecule has 1 aliphatic rings. The number of rotatable bonds is 0. The van der Waals surface area contributed by atoms with Crippen molar-refractivity contribution in [3.05, 3.63) is 0 Å². The highest BCUT2D eigenvalue weighted by Crippen LogP contribution is 2.45. The van der Waals surface area contributed by atoms with Crippen LogP contribution in [-0.4, -0.2) is 11.2 Å². The first-order valence-corrected chi connectivity index (χ1v) is 5.72. The normalized spacial score (nSPS) is 27.6. The molecule has 1 fully saturated rings. The fourth-order valence-electron chi connectivity index (χ4n) is 2.70. The Kier molecular flexibility index (Phi) is 2.78. The van der Waals surface area contributed by atoms with E-state index in [1.54, 1.807) is 0 Å². The summed E-state index contributed by atoms with van der Waals surface area (Å²) in [5.74, 6) is 0.765. The highest BCUT2D eigenvalue weighted by molar-refractivity contribution is 4.92. The molecule has 0 aliphatic carbocycles. The van der Waals surface area contributed by atoms with Gasteiger partial charge in [0.1, 0.15) is 0 Å². The fraction of sp³-hybridized carbons (Fsp3) is 1.00. The quantitative estimate of drug-likeness (QED) is 0.571. The minimum absolute atomic E-state index is 0.0414. The smallest absolute Gasteiger partial charge is 0.0636 e. The molecule has 84 valence electrons. The molecule has 0 radical (unpaired) electrons. The molecule has 0 N–H and O–H groups in total. The summed E-state index contributed by atoms with van der Waals surface area (Å²) in [4.78, 5) is 0. The lowest BCUT2D eigenvalue weighted by atomic mass is 9.68. The van der Waals surface area contributed by atoms with Crippen molar-refractivity contribution >= 4 is 0 Å². The third-order valence-corrected chi connectivity index (χ3v) is 3.25. The summed E-state index contributed by atoms with van der Waals surface area (Å²) >= 11 is 0. The first kappa shape index (κ1) is 12.0. The van der Waals surface area contributed by atoms with Crippen LogP contribution in [0.2, 0.25) is 0 Å². The predicted octanol–water partition coefficient (Wildman–Crippen LogP) is 4.02. The molecule has 0 bridgehead atoms. The van der Waals surface area contributed by atoms with Gasteiger partial charge in [-0.2, -0.15) is 0 Å². The molecular formula is C13H26O. The standard InChI is InChI=1S/C13H26O/c1-11(2,3)10-8-12(4,5)14-13(6,7)9-10/h10H,8-9H2,1-7H3. The van der Waals surface area contributed by atoms with Gasteiger partial charge in [-0.05, 0) is 51.9 Å². The SMILES string of the molecule is CC1(C)CC(C(C)(C)C)CC(C)(C)O1. The summed E-state index contributed by atoms with van der Waals surface area (Å²) < 4.78 is 6.09. The van der Waals surface area contributed by atoms with Crippen molar-refractivity contribution in [1.82, 2.24) is 0 Å². The molecule has 14 heavy (non-hydrogen) atoms. The van der Waals surface area contributed by atoms with Crippen LogP contribution in [0.4, 0.5) is 0 Å². The van der Waals surface area contributed by atoms with Crippen LogP contribution in [0.25, 0.3) is 0 Å². The second-order valence-corrected chi connectivity index (χ2v) is 7.09. The maximum Gasteiger partial charge on any atom is 0.0636 e. The minimum Gasteiger partial charge on any atom is -0.370 e.